The van der Waals surface area contributed by atoms with Crippen LogP contribution in [0.5, 0.6) is 5.75 Å². The first-order chi connectivity index (χ1) is 8.76. The molecule has 0 aromatic heterocycles. The van der Waals surface area contributed by atoms with Crippen molar-refractivity contribution in [3.05, 3.63) is 30.1 Å². The van der Waals surface area contributed by atoms with Gasteiger partial charge in [-0.2, -0.15) is 0 Å². The smallest absolute Gasteiger partial charge is 0.407 e. The maximum absolute atomic E-state index is 12.9. The Balaban J connectivity index is 2.36. The van der Waals surface area contributed by atoms with E-state index in [1.165, 1.54) is 12.1 Å². The molecule has 0 heterocycles. The molecule has 1 aromatic rings. The van der Waals surface area contributed by atoms with Crippen LogP contribution in [-0.2, 0) is 4.74 Å². The van der Waals surface area contributed by atoms with Gasteiger partial charge >= 0.3 is 6.09 Å². The molecule has 1 amide bonds. The largest absolute Gasteiger partial charge is 0.491 e. The molecule has 1 rings (SSSR count). The van der Waals surface area contributed by atoms with Gasteiger partial charge in [0.2, 0.25) is 0 Å². The van der Waals surface area contributed by atoms with E-state index in [1.807, 2.05) is 0 Å². The summed E-state index contributed by atoms with van der Waals surface area (Å²) in [6.07, 6.45) is -0.497. The van der Waals surface area contributed by atoms with Gasteiger partial charge in [-0.1, -0.05) is 6.07 Å². The van der Waals surface area contributed by atoms with E-state index in [-0.39, 0.29) is 18.5 Å². The zero-order valence-corrected chi connectivity index (χ0v) is 11.7. The lowest BCUT2D eigenvalue weighted by Crippen LogP contribution is -2.40. The topological polar surface area (TPSA) is 47.6 Å². The highest BCUT2D eigenvalue weighted by Crippen LogP contribution is 2.12. The summed E-state index contributed by atoms with van der Waals surface area (Å²) < 4.78 is 23.4. The summed E-state index contributed by atoms with van der Waals surface area (Å²) in [6, 6.07) is 5.62. The number of ether oxygens (including phenoxy) is 2. The molecule has 1 aromatic carbocycles. The van der Waals surface area contributed by atoms with E-state index in [1.54, 1.807) is 39.8 Å². The molecule has 0 aliphatic rings. The molecule has 4 nitrogen and oxygen atoms in total. The lowest BCUT2D eigenvalue weighted by molar-refractivity contribution is 0.0494. The Hall–Kier alpha value is -1.78. The summed E-state index contributed by atoms with van der Waals surface area (Å²) in [7, 11) is 0. The molecule has 0 aliphatic heterocycles. The third kappa shape index (κ3) is 6.64. The summed E-state index contributed by atoms with van der Waals surface area (Å²) in [4.78, 5) is 11.5. The van der Waals surface area contributed by atoms with Gasteiger partial charge in [0.1, 0.15) is 23.8 Å². The molecule has 5 heteroatoms. The van der Waals surface area contributed by atoms with Gasteiger partial charge < -0.3 is 14.8 Å². The van der Waals surface area contributed by atoms with Crippen molar-refractivity contribution in [1.29, 1.82) is 0 Å². The minimum atomic E-state index is -0.535. The molecule has 0 radical (unpaired) electrons. The van der Waals surface area contributed by atoms with Gasteiger partial charge in [0.15, 0.2) is 0 Å². The quantitative estimate of drug-likeness (QED) is 0.913. The van der Waals surface area contributed by atoms with Crippen molar-refractivity contribution in [1.82, 2.24) is 5.32 Å². The first-order valence-electron chi connectivity index (χ1n) is 6.14. The van der Waals surface area contributed by atoms with Crippen molar-refractivity contribution in [3.8, 4) is 5.75 Å². The second-order valence-corrected chi connectivity index (χ2v) is 5.32. The zero-order chi connectivity index (χ0) is 14.5. The predicted octanol–water partition coefficient (Wildman–Crippen LogP) is 3.12. The van der Waals surface area contributed by atoms with Crippen molar-refractivity contribution in [2.24, 2.45) is 0 Å². The van der Waals surface area contributed by atoms with Crippen LogP contribution in [0.1, 0.15) is 27.7 Å². The molecule has 0 spiro atoms. The Morgan fingerprint density at radius 3 is 2.68 bits per heavy atom. The van der Waals surface area contributed by atoms with Crippen molar-refractivity contribution in [2.45, 2.75) is 39.3 Å². The van der Waals surface area contributed by atoms with Gasteiger partial charge in [0.05, 0.1) is 6.04 Å². The van der Waals surface area contributed by atoms with Gasteiger partial charge in [0, 0.05) is 6.07 Å². The van der Waals surface area contributed by atoms with Crippen LogP contribution in [0, 0.1) is 5.82 Å². The molecule has 0 saturated heterocycles. The number of halogens is 1. The lowest BCUT2D eigenvalue weighted by Gasteiger charge is -2.22. The predicted molar refractivity (Wildman–Crippen MR) is 70.7 cm³/mol. The summed E-state index contributed by atoms with van der Waals surface area (Å²) in [5, 5.41) is 2.64. The second kappa shape index (κ2) is 6.41. The molecule has 0 unspecified atom stereocenters. The van der Waals surface area contributed by atoms with Crippen molar-refractivity contribution in [2.75, 3.05) is 6.61 Å². The third-order valence-corrected chi connectivity index (χ3v) is 2.06. The van der Waals surface area contributed by atoms with Crippen LogP contribution >= 0.6 is 0 Å². The Labute approximate surface area is 112 Å². The summed E-state index contributed by atoms with van der Waals surface area (Å²) in [5.41, 5.74) is -0.535. The van der Waals surface area contributed by atoms with E-state index < -0.39 is 11.7 Å². The summed E-state index contributed by atoms with van der Waals surface area (Å²) in [6.45, 7) is 7.40. The fourth-order valence-corrected chi connectivity index (χ4v) is 1.33. The van der Waals surface area contributed by atoms with Gasteiger partial charge in [0.25, 0.3) is 0 Å². The van der Waals surface area contributed by atoms with Gasteiger partial charge in [-0.3, -0.25) is 0 Å². The number of rotatable bonds is 4. The Morgan fingerprint density at radius 1 is 1.42 bits per heavy atom. The molecular formula is C14H20FNO3. The number of amides is 1. The molecule has 0 saturated carbocycles. The molecule has 1 atom stereocenters. The van der Waals surface area contributed by atoms with Crippen LogP contribution in [-0.4, -0.2) is 24.3 Å². The number of nitrogens with one attached hydrogen (secondary N) is 1. The first-order valence-corrected chi connectivity index (χ1v) is 6.14. The van der Waals surface area contributed by atoms with E-state index in [9.17, 15) is 9.18 Å². The van der Waals surface area contributed by atoms with Crippen molar-refractivity contribution >= 4 is 6.09 Å². The number of hydrogen-bond acceptors (Lipinski definition) is 3. The second-order valence-electron chi connectivity index (χ2n) is 5.32. The van der Waals surface area contributed by atoms with Gasteiger partial charge in [-0.15, -0.1) is 0 Å². The molecule has 106 valence electrons. The van der Waals surface area contributed by atoms with Gasteiger partial charge in [-0.05, 0) is 39.8 Å². The average molecular weight is 269 g/mol. The molecule has 1 N–H and O–H groups in total. The molecule has 0 bridgehead atoms. The Bertz CT molecular complexity index is 429. The number of alkyl carbamates (subject to hydrolysis) is 1. The van der Waals surface area contributed by atoms with Crippen molar-refractivity contribution < 1.29 is 18.7 Å². The highest BCUT2D eigenvalue weighted by Gasteiger charge is 2.17. The highest BCUT2D eigenvalue weighted by atomic mass is 19.1. The SMILES string of the molecule is C[C@@H](COc1cccc(F)c1)NC(=O)OC(C)(C)C. The van der Waals surface area contributed by atoms with Crippen LogP contribution < -0.4 is 10.1 Å². The van der Waals surface area contributed by atoms with E-state index >= 15 is 0 Å². The zero-order valence-electron chi connectivity index (χ0n) is 11.7. The van der Waals surface area contributed by atoms with Crippen LogP contribution in [0.25, 0.3) is 0 Å². The molecule has 19 heavy (non-hydrogen) atoms. The monoisotopic (exact) mass is 269 g/mol. The third-order valence-electron chi connectivity index (χ3n) is 2.06. The standard InChI is InChI=1S/C14H20FNO3/c1-10(16-13(17)19-14(2,3)4)9-18-12-7-5-6-11(15)8-12/h5-8,10H,9H2,1-4H3,(H,16,17)/t10-/m0/s1. The normalized spacial score (nSPS) is 12.7. The lowest BCUT2D eigenvalue weighted by atomic mass is 10.2. The van der Waals surface area contributed by atoms with Gasteiger partial charge in [-0.25, -0.2) is 9.18 Å². The summed E-state index contributed by atoms with van der Waals surface area (Å²) in [5.74, 6) is 0.0723. The van der Waals surface area contributed by atoms with E-state index in [4.69, 9.17) is 9.47 Å². The van der Waals surface area contributed by atoms with E-state index in [0.29, 0.717) is 5.75 Å². The van der Waals surface area contributed by atoms with E-state index in [0.717, 1.165) is 0 Å². The minimum absolute atomic E-state index is 0.238. The maximum Gasteiger partial charge on any atom is 0.407 e. The molecule has 0 fully saturated rings. The van der Waals surface area contributed by atoms with Crippen LogP contribution in [0.15, 0.2) is 24.3 Å². The van der Waals surface area contributed by atoms with Crippen LogP contribution in [0.2, 0.25) is 0 Å². The van der Waals surface area contributed by atoms with Crippen molar-refractivity contribution in [3.63, 3.8) is 0 Å². The number of benzene rings is 1. The number of carbonyl (C=O) groups excluding carboxylic acids is 1. The fraction of sp³-hybridized carbons (Fsp3) is 0.500. The summed E-state index contributed by atoms with van der Waals surface area (Å²) >= 11 is 0. The molecular weight excluding hydrogens is 249 g/mol. The first kappa shape index (κ1) is 15.3. The van der Waals surface area contributed by atoms with Crippen LogP contribution in [0.4, 0.5) is 9.18 Å². The highest BCUT2D eigenvalue weighted by molar-refractivity contribution is 5.68. The Kier molecular flexibility index (Phi) is 5.15. The minimum Gasteiger partial charge on any atom is -0.491 e. The van der Waals surface area contributed by atoms with E-state index in [2.05, 4.69) is 5.32 Å². The maximum atomic E-state index is 12.9. The van der Waals surface area contributed by atoms with Crippen LogP contribution in [0.3, 0.4) is 0 Å². The number of hydrogen-bond donors (Lipinski definition) is 1. The molecule has 0 aliphatic carbocycles. The fourth-order valence-electron chi connectivity index (χ4n) is 1.33. The Morgan fingerprint density at radius 2 is 2.11 bits per heavy atom. The average Bonchev–Trinajstić information content (AvgIpc) is 2.23. The number of carbonyl (C=O) groups is 1.